The summed E-state index contributed by atoms with van der Waals surface area (Å²) in [4.78, 5) is 26.5. The summed E-state index contributed by atoms with van der Waals surface area (Å²) >= 11 is 0. The Morgan fingerprint density at radius 3 is 2.74 bits per heavy atom. The second-order valence-corrected chi connectivity index (χ2v) is 6.28. The zero-order chi connectivity index (χ0) is 16.4. The first-order chi connectivity index (χ1) is 11.1. The van der Waals surface area contributed by atoms with Crippen LogP contribution < -0.4 is 0 Å². The Balaban J connectivity index is 1.62. The molecule has 0 unspecified atom stereocenters. The minimum absolute atomic E-state index is 0.115. The maximum Gasteiger partial charge on any atom is 0.342 e. The minimum Gasteiger partial charge on any atom is -0.452 e. The molecule has 0 aliphatic heterocycles. The molecule has 6 heteroatoms. The smallest absolute Gasteiger partial charge is 0.342 e. The van der Waals surface area contributed by atoms with E-state index < -0.39 is 5.97 Å². The lowest BCUT2D eigenvalue weighted by molar-refractivity contribution is -0.133. The van der Waals surface area contributed by atoms with Gasteiger partial charge in [0.25, 0.3) is 5.91 Å². The number of rotatable bonds is 5. The van der Waals surface area contributed by atoms with Gasteiger partial charge in [0, 0.05) is 24.5 Å². The van der Waals surface area contributed by atoms with Gasteiger partial charge in [-0.05, 0) is 45.4 Å². The third kappa shape index (κ3) is 3.46. The number of carbonyl (C=O) groups excluding carboxylic acids is 2. The number of allylic oxidation sites excluding steroid dienone is 2. The Hall–Kier alpha value is -2.11. The van der Waals surface area contributed by atoms with Gasteiger partial charge in [-0.3, -0.25) is 9.48 Å². The van der Waals surface area contributed by atoms with Crippen LogP contribution in [0.3, 0.4) is 0 Å². The molecule has 0 radical (unpaired) electrons. The van der Waals surface area contributed by atoms with Crippen molar-refractivity contribution in [2.24, 2.45) is 7.05 Å². The molecule has 3 rings (SSSR count). The van der Waals surface area contributed by atoms with Crippen LogP contribution in [0.5, 0.6) is 0 Å². The van der Waals surface area contributed by atoms with Gasteiger partial charge in [0.1, 0.15) is 5.56 Å². The molecule has 0 atom stereocenters. The van der Waals surface area contributed by atoms with Gasteiger partial charge >= 0.3 is 5.97 Å². The lowest BCUT2D eigenvalue weighted by Gasteiger charge is -2.27. The zero-order valence-corrected chi connectivity index (χ0v) is 13.7. The minimum atomic E-state index is -0.489. The van der Waals surface area contributed by atoms with E-state index in [9.17, 15) is 9.59 Å². The molecular weight excluding hydrogens is 294 g/mol. The van der Waals surface area contributed by atoms with E-state index in [0.717, 1.165) is 43.5 Å². The maximum absolute atomic E-state index is 12.5. The average Bonchev–Trinajstić information content (AvgIpc) is 3.33. The molecule has 1 heterocycles. The zero-order valence-electron chi connectivity index (χ0n) is 13.7. The van der Waals surface area contributed by atoms with Crippen LogP contribution in [0.2, 0.25) is 0 Å². The standard InChI is InChI=1S/C17H23N3O3/c1-12-15(10-18-19(12)2)17(22)23-11-16(21)20(14-8-9-14)13-6-4-3-5-7-13/h6,10,14H,3-5,7-9,11H2,1-2H3. The summed E-state index contributed by atoms with van der Waals surface area (Å²) in [6.45, 7) is 1.59. The van der Waals surface area contributed by atoms with Crippen LogP contribution in [0.15, 0.2) is 18.0 Å². The van der Waals surface area contributed by atoms with Crippen molar-refractivity contribution in [3.05, 3.63) is 29.2 Å². The van der Waals surface area contributed by atoms with E-state index in [2.05, 4.69) is 11.2 Å². The van der Waals surface area contributed by atoms with E-state index >= 15 is 0 Å². The average molecular weight is 317 g/mol. The molecule has 2 aliphatic rings. The van der Waals surface area contributed by atoms with Crippen LogP contribution in [0.1, 0.15) is 54.6 Å². The molecule has 1 fully saturated rings. The molecule has 6 nitrogen and oxygen atoms in total. The first-order valence-corrected chi connectivity index (χ1v) is 8.24. The van der Waals surface area contributed by atoms with Crippen LogP contribution in [-0.2, 0) is 16.6 Å². The van der Waals surface area contributed by atoms with Gasteiger partial charge in [-0.25, -0.2) is 4.79 Å². The topological polar surface area (TPSA) is 64.4 Å². The molecule has 1 amide bonds. The van der Waals surface area contributed by atoms with E-state index in [1.165, 1.54) is 12.6 Å². The van der Waals surface area contributed by atoms with Crippen molar-refractivity contribution in [1.29, 1.82) is 0 Å². The van der Waals surface area contributed by atoms with Gasteiger partial charge in [0.2, 0.25) is 0 Å². The van der Waals surface area contributed by atoms with E-state index in [0.29, 0.717) is 11.6 Å². The van der Waals surface area contributed by atoms with Crippen LogP contribution >= 0.6 is 0 Å². The number of hydrogen-bond donors (Lipinski definition) is 0. The van der Waals surface area contributed by atoms with Gasteiger partial charge in [0.15, 0.2) is 6.61 Å². The third-order valence-electron chi connectivity index (χ3n) is 4.54. The fourth-order valence-corrected chi connectivity index (χ4v) is 2.94. The highest BCUT2D eigenvalue weighted by molar-refractivity contribution is 5.92. The molecule has 1 aromatic heterocycles. The largest absolute Gasteiger partial charge is 0.452 e. The molecule has 124 valence electrons. The number of ether oxygens (including phenoxy) is 1. The van der Waals surface area contributed by atoms with E-state index in [1.54, 1.807) is 18.7 Å². The molecule has 0 saturated heterocycles. The highest BCUT2D eigenvalue weighted by Crippen LogP contribution is 2.33. The highest BCUT2D eigenvalue weighted by Gasteiger charge is 2.35. The summed E-state index contributed by atoms with van der Waals surface area (Å²) in [6.07, 6.45) is 10.00. The molecule has 2 aliphatic carbocycles. The number of esters is 1. The van der Waals surface area contributed by atoms with Gasteiger partial charge in [-0.2, -0.15) is 5.10 Å². The fourth-order valence-electron chi connectivity index (χ4n) is 2.94. The molecule has 0 spiro atoms. The molecule has 23 heavy (non-hydrogen) atoms. The van der Waals surface area contributed by atoms with Crippen molar-refractivity contribution < 1.29 is 14.3 Å². The second-order valence-electron chi connectivity index (χ2n) is 6.28. The monoisotopic (exact) mass is 317 g/mol. The Morgan fingerprint density at radius 2 is 2.17 bits per heavy atom. The van der Waals surface area contributed by atoms with Crippen molar-refractivity contribution >= 4 is 11.9 Å². The van der Waals surface area contributed by atoms with Crippen molar-refractivity contribution in [2.75, 3.05) is 6.61 Å². The van der Waals surface area contributed by atoms with Gasteiger partial charge in [-0.1, -0.05) is 6.08 Å². The highest BCUT2D eigenvalue weighted by atomic mass is 16.5. The maximum atomic E-state index is 12.5. The van der Waals surface area contributed by atoms with Crippen LogP contribution in [0.4, 0.5) is 0 Å². The second kappa shape index (κ2) is 6.56. The Bertz CT molecular complexity index is 644. The van der Waals surface area contributed by atoms with E-state index in [-0.39, 0.29) is 12.5 Å². The third-order valence-corrected chi connectivity index (χ3v) is 4.54. The number of nitrogens with zero attached hydrogens (tertiary/aromatic N) is 3. The SMILES string of the molecule is Cc1c(C(=O)OCC(=O)N(C2=CCCCC2)C2CC2)cnn1C. The Kier molecular flexibility index (Phi) is 4.50. The molecule has 0 N–H and O–H groups in total. The van der Waals surface area contributed by atoms with Gasteiger partial charge < -0.3 is 9.64 Å². The summed E-state index contributed by atoms with van der Waals surface area (Å²) < 4.78 is 6.84. The number of aromatic nitrogens is 2. The normalized spacial score (nSPS) is 17.6. The predicted octanol–water partition coefficient (Wildman–Crippen LogP) is 2.33. The molecule has 0 bridgehead atoms. The quantitative estimate of drug-likeness (QED) is 0.782. The van der Waals surface area contributed by atoms with Gasteiger partial charge in [0.05, 0.1) is 6.20 Å². The van der Waals surface area contributed by atoms with Crippen molar-refractivity contribution in [2.45, 2.75) is 51.5 Å². The first-order valence-electron chi connectivity index (χ1n) is 8.24. The number of carbonyl (C=O) groups is 2. The van der Waals surface area contributed by atoms with Crippen molar-refractivity contribution in [3.8, 4) is 0 Å². The van der Waals surface area contributed by atoms with E-state index in [4.69, 9.17) is 4.74 Å². The Morgan fingerprint density at radius 1 is 1.39 bits per heavy atom. The lowest BCUT2D eigenvalue weighted by atomic mass is 10.0. The summed E-state index contributed by atoms with van der Waals surface area (Å²) in [5.74, 6) is -0.604. The number of amides is 1. The van der Waals surface area contributed by atoms with Crippen LogP contribution in [0.25, 0.3) is 0 Å². The summed E-state index contributed by atoms with van der Waals surface area (Å²) in [5, 5.41) is 4.02. The fraction of sp³-hybridized carbons (Fsp3) is 0.588. The van der Waals surface area contributed by atoms with Crippen molar-refractivity contribution in [1.82, 2.24) is 14.7 Å². The molecule has 0 aromatic carbocycles. The van der Waals surface area contributed by atoms with Gasteiger partial charge in [-0.15, -0.1) is 0 Å². The first kappa shape index (κ1) is 15.8. The Labute approximate surface area is 136 Å². The van der Waals surface area contributed by atoms with E-state index in [1.807, 2.05) is 4.90 Å². The van der Waals surface area contributed by atoms with Crippen LogP contribution in [-0.4, -0.2) is 39.2 Å². The summed E-state index contributed by atoms with van der Waals surface area (Å²) in [7, 11) is 1.77. The molecule has 1 saturated carbocycles. The molecular formula is C17H23N3O3. The van der Waals surface area contributed by atoms with Crippen molar-refractivity contribution in [3.63, 3.8) is 0 Å². The number of hydrogen-bond acceptors (Lipinski definition) is 4. The summed E-state index contributed by atoms with van der Waals surface area (Å²) in [6, 6.07) is 0.297. The summed E-state index contributed by atoms with van der Waals surface area (Å²) in [5.41, 5.74) is 2.25. The molecule has 1 aromatic rings. The predicted molar refractivity (Wildman–Crippen MR) is 84.6 cm³/mol. The lowest BCUT2D eigenvalue weighted by Crippen LogP contribution is -2.36. The van der Waals surface area contributed by atoms with Crippen LogP contribution in [0, 0.1) is 6.92 Å². The number of aryl methyl sites for hydroxylation is 1.